The number of nitrogen functional groups attached to an aromatic ring is 1. The molecular weight excluding hydrogens is 1070 g/mol. The number of pyridine rings is 3. The number of fused-ring (bicyclic) bond motifs is 2. The van der Waals surface area contributed by atoms with Gasteiger partial charge < -0.3 is 32.4 Å². The number of primary amides is 1. The molecule has 0 radical (unpaired) electrons. The normalized spacial score (nSPS) is 15.7. The second-order valence-electron chi connectivity index (χ2n) is 15.6. The Labute approximate surface area is 421 Å². The van der Waals surface area contributed by atoms with Gasteiger partial charge in [0.1, 0.15) is 58.4 Å². The molecule has 68 heavy (non-hydrogen) atoms. The van der Waals surface area contributed by atoms with Gasteiger partial charge >= 0.3 is 0 Å². The smallest absolute Gasteiger partial charge is 0.277 e. The standard InChI is InChI=1S/C16H16ClN5O2.C12H12BrClN2O2.C6H4BrClN2O2.C6H10O.C4H5N3/c1-9(2)7-16(3)21-14(23)13-10(17)6-11(15(24)22(13)16)20-12-4-5-18-8-19-12;1-6(2)5-12(3)15-10(17)9-8(14)4-7(13)11(18)16(9)12;7-2-1-3(8)4(5(9)11)10-6(2)12;1-5(2)4-6(3)7;5-4-1-2-6-3-7-4/h4-8H,1-3H3,(H,21,23)(H,18,19,20);4-5H,1-3H3,(H,15,17);1H,(H2,9,11)(H,10,12);4H,1-3H3;1-3H,(H2,5,6,7). The number of amides is 3. The van der Waals surface area contributed by atoms with E-state index < -0.39 is 22.8 Å². The quantitative estimate of drug-likeness (QED) is 0.0708. The highest BCUT2D eigenvalue weighted by Crippen LogP contribution is 2.31. The van der Waals surface area contributed by atoms with E-state index in [2.05, 4.69) is 72.7 Å². The maximum Gasteiger partial charge on any atom is 0.277 e. The molecule has 0 fully saturated rings. The van der Waals surface area contributed by atoms with Crippen LogP contribution in [-0.4, -0.2) is 57.6 Å². The highest BCUT2D eigenvalue weighted by Gasteiger charge is 2.41. The number of H-pyrrole nitrogens is 1. The van der Waals surface area contributed by atoms with Crippen LogP contribution in [0.15, 0.2) is 114 Å². The van der Waals surface area contributed by atoms with Crippen molar-refractivity contribution in [1.82, 2.24) is 44.7 Å². The Balaban J connectivity index is 0.000000245. The van der Waals surface area contributed by atoms with E-state index in [1.54, 1.807) is 51.4 Å². The van der Waals surface area contributed by atoms with Crippen LogP contribution < -0.4 is 44.1 Å². The lowest BCUT2D eigenvalue weighted by Gasteiger charge is -2.24. The Morgan fingerprint density at radius 3 is 1.59 bits per heavy atom. The summed E-state index contributed by atoms with van der Waals surface area (Å²) >= 11 is 24.0. The van der Waals surface area contributed by atoms with Crippen molar-refractivity contribution in [2.45, 2.75) is 73.6 Å². The summed E-state index contributed by atoms with van der Waals surface area (Å²) in [6.45, 7) is 16.5. The number of carbonyl (C=O) groups excluding carboxylic acids is 4. The Hall–Kier alpha value is -6.26. The number of nitrogens with zero attached hydrogens (tertiary/aromatic N) is 6. The fourth-order valence-electron chi connectivity index (χ4n) is 6.42. The summed E-state index contributed by atoms with van der Waals surface area (Å²) in [6.07, 6.45) is 11.2. The summed E-state index contributed by atoms with van der Waals surface area (Å²) in [5.74, 6) is -0.394. The van der Waals surface area contributed by atoms with Crippen LogP contribution in [0.4, 0.5) is 17.3 Å². The molecule has 8 N–H and O–H groups in total. The zero-order valence-electron chi connectivity index (χ0n) is 38.0. The lowest BCUT2D eigenvalue weighted by atomic mass is 10.1. The zero-order valence-corrected chi connectivity index (χ0v) is 43.5. The van der Waals surface area contributed by atoms with Gasteiger partial charge in [-0.1, -0.05) is 51.5 Å². The number of hydrogen-bond acceptors (Lipinski definition) is 13. The van der Waals surface area contributed by atoms with E-state index in [1.807, 2.05) is 53.7 Å². The molecule has 7 rings (SSSR count). The van der Waals surface area contributed by atoms with Crippen LogP contribution in [0.1, 0.15) is 93.8 Å². The van der Waals surface area contributed by atoms with Crippen molar-refractivity contribution in [3.63, 3.8) is 0 Å². The average molecular weight is 1120 g/mol. The summed E-state index contributed by atoms with van der Waals surface area (Å²) in [6, 6.07) is 7.47. The first-order chi connectivity index (χ1) is 31.6. The second kappa shape index (κ2) is 24.2. The number of aromatic amines is 1. The van der Waals surface area contributed by atoms with E-state index in [-0.39, 0.29) is 71.0 Å². The number of anilines is 3. The van der Waals surface area contributed by atoms with Crippen molar-refractivity contribution < 1.29 is 19.2 Å². The maximum atomic E-state index is 12.9. The second-order valence-corrected chi connectivity index (χ2v) is 18.5. The molecule has 360 valence electrons. The van der Waals surface area contributed by atoms with Gasteiger partial charge in [0.15, 0.2) is 5.78 Å². The molecule has 2 aliphatic heterocycles. The predicted molar refractivity (Wildman–Crippen MR) is 270 cm³/mol. The first kappa shape index (κ1) is 56.1. The number of nitrogens with two attached hydrogens (primary N) is 2. The third kappa shape index (κ3) is 14.9. The monoisotopic (exact) mass is 1120 g/mol. The first-order valence-corrected chi connectivity index (χ1v) is 22.5. The summed E-state index contributed by atoms with van der Waals surface area (Å²) in [5.41, 5.74) is 10.7. The van der Waals surface area contributed by atoms with Gasteiger partial charge in [0.05, 0.1) is 24.0 Å². The summed E-state index contributed by atoms with van der Waals surface area (Å²) in [7, 11) is 0. The van der Waals surface area contributed by atoms with E-state index >= 15 is 0 Å². The number of allylic oxidation sites excluding steroid dienone is 4. The minimum atomic E-state index is -0.977. The van der Waals surface area contributed by atoms with Gasteiger partial charge in [0.25, 0.3) is 34.4 Å². The molecule has 19 nitrogen and oxygen atoms in total. The van der Waals surface area contributed by atoms with Crippen LogP contribution in [0, 0.1) is 0 Å². The number of aromatic nitrogens is 7. The van der Waals surface area contributed by atoms with Crippen LogP contribution in [-0.2, 0) is 16.1 Å². The van der Waals surface area contributed by atoms with Gasteiger partial charge in [-0.2, -0.15) is 0 Å². The number of halogens is 5. The molecular formula is C44H47Br2Cl3N12O7. The molecule has 0 saturated carbocycles. The van der Waals surface area contributed by atoms with E-state index in [4.69, 9.17) is 46.3 Å². The first-order valence-electron chi connectivity index (χ1n) is 19.7. The molecule has 2 unspecified atom stereocenters. The number of ketones is 1. The third-order valence-electron chi connectivity index (χ3n) is 8.63. The van der Waals surface area contributed by atoms with Gasteiger partial charge in [0.2, 0.25) is 0 Å². The Morgan fingerprint density at radius 2 is 1.19 bits per heavy atom. The number of rotatable bonds is 6. The summed E-state index contributed by atoms with van der Waals surface area (Å²) in [5, 5.41) is 9.07. The summed E-state index contributed by atoms with van der Waals surface area (Å²) < 4.78 is 3.35. The number of hydrogen-bond donors (Lipinski definition) is 6. The maximum absolute atomic E-state index is 12.9. The molecule has 2 atom stereocenters. The molecule has 0 aliphatic carbocycles. The fourth-order valence-corrected chi connectivity index (χ4v) is 8.23. The molecule has 0 aromatic carbocycles. The van der Waals surface area contributed by atoms with Crippen LogP contribution >= 0.6 is 66.7 Å². The van der Waals surface area contributed by atoms with E-state index in [0.29, 0.717) is 16.1 Å². The molecule has 7 heterocycles. The molecule has 3 amide bonds. The van der Waals surface area contributed by atoms with Gasteiger partial charge in [-0.25, -0.2) is 19.9 Å². The lowest BCUT2D eigenvalue weighted by Crippen LogP contribution is -2.43. The van der Waals surface area contributed by atoms with Gasteiger partial charge in [0, 0.05) is 12.4 Å². The number of nitrogens with one attached hydrogen (secondary N) is 4. The molecule has 2 aliphatic rings. The van der Waals surface area contributed by atoms with Gasteiger partial charge in [-0.05, 0) is 143 Å². The minimum Gasteiger partial charge on any atom is -0.384 e. The molecule has 0 saturated heterocycles. The SMILES string of the molecule is CC(=O)C=C(C)C.CC(C)=CC1(C)NC(=O)c2c(Cl)cc(Br)c(=O)n21.CC(C)=CC1(C)NC(=O)c2c(Cl)cc(Nc3ccncn3)c(=O)n21.NC(=O)c1[nH]c(=O)c(Br)cc1Cl.Nc1ccncn1. The Bertz CT molecular complexity index is 3000. The van der Waals surface area contributed by atoms with Crippen LogP contribution in [0.2, 0.25) is 15.1 Å². The molecule has 24 heteroatoms. The van der Waals surface area contributed by atoms with E-state index in [1.165, 1.54) is 40.0 Å². The van der Waals surface area contributed by atoms with Gasteiger partial charge in [-0.15, -0.1) is 0 Å². The van der Waals surface area contributed by atoms with Crippen LogP contribution in [0.25, 0.3) is 0 Å². The highest BCUT2D eigenvalue weighted by atomic mass is 79.9. The molecule has 0 spiro atoms. The van der Waals surface area contributed by atoms with Crippen molar-refractivity contribution in [2.24, 2.45) is 5.73 Å². The minimum absolute atomic E-state index is 0.0788. The van der Waals surface area contributed by atoms with E-state index in [0.717, 1.165) is 16.7 Å². The average Bonchev–Trinajstić information content (AvgIpc) is 3.64. The van der Waals surface area contributed by atoms with Crippen molar-refractivity contribution in [1.29, 1.82) is 0 Å². The molecule has 0 bridgehead atoms. The third-order valence-corrected chi connectivity index (χ3v) is 10.7. The zero-order chi connectivity index (χ0) is 51.4. The Kier molecular flexibility index (Phi) is 19.9. The fraction of sp³-hybridized carbons (Fsp3) is 0.250. The Morgan fingerprint density at radius 1 is 0.706 bits per heavy atom. The lowest BCUT2D eigenvalue weighted by molar-refractivity contribution is -0.112. The molecule has 5 aromatic heterocycles. The topological polar surface area (TPSA) is 285 Å². The highest BCUT2D eigenvalue weighted by molar-refractivity contribution is 9.10. The molecule has 5 aromatic rings. The van der Waals surface area contributed by atoms with Gasteiger partial charge in [-0.3, -0.25) is 42.7 Å². The van der Waals surface area contributed by atoms with Crippen LogP contribution in [0.5, 0.6) is 0 Å². The predicted octanol–water partition coefficient (Wildman–Crippen LogP) is 7.55. The summed E-state index contributed by atoms with van der Waals surface area (Å²) in [4.78, 5) is 98.5. The largest absolute Gasteiger partial charge is 0.384 e. The van der Waals surface area contributed by atoms with Crippen molar-refractivity contribution >= 4 is 107 Å². The van der Waals surface area contributed by atoms with E-state index in [9.17, 15) is 33.6 Å². The van der Waals surface area contributed by atoms with Crippen molar-refractivity contribution in [3.05, 3.63) is 162 Å². The van der Waals surface area contributed by atoms with Crippen molar-refractivity contribution in [3.8, 4) is 0 Å². The van der Waals surface area contributed by atoms with Crippen LogP contribution in [0.3, 0.4) is 0 Å². The number of carbonyl (C=O) groups is 4. The van der Waals surface area contributed by atoms with Crippen molar-refractivity contribution in [2.75, 3.05) is 11.1 Å².